The van der Waals surface area contributed by atoms with Gasteiger partial charge in [-0.1, -0.05) is 12.1 Å². The summed E-state index contributed by atoms with van der Waals surface area (Å²) in [5, 5.41) is 5.92. The van der Waals surface area contributed by atoms with Gasteiger partial charge in [0.05, 0.1) is 12.7 Å². The van der Waals surface area contributed by atoms with Gasteiger partial charge in [0.2, 0.25) is 0 Å². The number of hydrogen-bond donors (Lipinski definition) is 1. The normalized spacial score (nSPS) is 20.4. The van der Waals surface area contributed by atoms with Crippen LogP contribution in [0.4, 0.5) is 0 Å². The van der Waals surface area contributed by atoms with Crippen LogP contribution in [0.1, 0.15) is 5.56 Å². The maximum Gasteiger partial charge on any atom is 0.0826 e. The minimum atomic E-state index is 0.304. The van der Waals surface area contributed by atoms with Crippen LogP contribution in [-0.4, -0.2) is 49.3 Å². The Kier molecular flexibility index (Phi) is 4.25. The molecular weight excluding hydrogens is 250 g/mol. The van der Waals surface area contributed by atoms with Gasteiger partial charge < -0.3 is 15.0 Å². The second kappa shape index (κ2) is 6.31. The van der Waals surface area contributed by atoms with Crippen molar-refractivity contribution in [3.63, 3.8) is 0 Å². The lowest BCUT2D eigenvalue weighted by Crippen LogP contribution is -2.44. The molecule has 2 aromatic rings. The van der Waals surface area contributed by atoms with E-state index >= 15 is 0 Å². The van der Waals surface area contributed by atoms with Gasteiger partial charge in [0.15, 0.2) is 0 Å². The Balaban J connectivity index is 1.54. The maximum absolute atomic E-state index is 5.74. The minimum absolute atomic E-state index is 0.304. The van der Waals surface area contributed by atoms with Crippen molar-refractivity contribution in [2.45, 2.75) is 12.6 Å². The average Bonchev–Trinajstić information content (AvgIpc) is 2.47. The number of nitrogens with one attached hydrogen (secondary N) is 1. The molecule has 20 heavy (non-hydrogen) atoms. The van der Waals surface area contributed by atoms with Gasteiger partial charge in [-0.2, -0.15) is 0 Å². The topological polar surface area (TPSA) is 37.4 Å². The van der Waals surface area contributed by atoms with E-state index in [9.17, 15) is 0 Å². The third-order valence-corrected chi connectivity index (χ3v) is 3.75. The van der Waals surface area contributed by atoms with Crippen LogP contribution in [0, 0.1) is 0 Å². The van der Waals surface area contributed by atoms with Crippen LogP contribution < -0.4 is 5.32 Å². The summed E-state index contributed by atoms with van der Waals surface area (Å²) in [4.78, 5) is 6.45. The minimum Gasteiger partial charge on any atom is -0.374 e. The number of rotatable bonds is 4. The molecule has 1 aliphatic heterocycles. The highest BCUT2D eigenvalue weighted by molar-refractivity contribution is 5.81. The zero-order chi connectivity index (χ0) is 13.8. The Hall–Kier alpha value is -1.49. The Morgan fingerprint density at radius 2 is 2.30 bits per heavy atom. The molecule has 3 rings (SSSR count). The van der Waals surface area contributed by atoms with E-state index in [2.05, 4.69) is 46.5 Å². The summed E-state index contributed by atoms with van der Waals surface area (Å²) in [7, 11) is 2.15. The number of pyridine rings is 1. The molecule has 0 aliphatic carbocycles. The van der Waals surface area contributed by atoms with Crippen LogP contribution in [-0.2, 0) is 11.3 Å². The van der Waals surface area contributed by atoms with Gasteiger partial charge in [0.1, 0.15) is 0 Å². The highest BCUT2D eigenvalue weighted by atomic mass is 16.5. The average molecular weight is 271 g/mol. The Bertz CT molecular complexity index is 572. The predicted molar refractivity (Wildman–Crippen MR) is 80.7 cm³/mol. The Morgan fingerprint density at radius 1 is 1.35 bits per heavy atom. The summed E-state index contributed by atoms with van der Waals surface area (Å²) in [6.45, 7) is 4.66. The summed E-state index contributed by atoms with van der Waals surface area (Å²) < 4.78 is 5.74. The van der Waals surface area contributed by atoms with Gasteiger partial charge in [-0.3, -0.25) is 4.98 Å². The van der Waals surface area contributed by atoms with Crippen LogP contribution in [0.3, 0.4) is 0 Å². The van der Waals surface area contributed by atoms with Crippen LogP contribution in [0.25, 0.3) is 10.8 Å². The third kappa shape index (κ3) is 3.33. The van der Waals surface area contributed by atoms with Crippen molar-refractivity contribution >= 4 is 10.8 Å². The number of benzene rings is 1. The van der Waals surface area contributed by atoms with Crippen molar-refractivity contribution in [3.05, 3.63) is 42.2 Å². The van der Waals surface area contributed by atoms with Gasteiger partial charge >= 0.3 is 0 Å². The quantitative estimate of drug-likeness (QED) is 0.917. The van der Waals surface area contributed by atoms with E-state index in [-0.39, 0.29) is 0 Å². The largest absolute Gasteiger partial charge is 0.374 e. The molecule has 1 N–H and O–H groups in total. The van der Waals surface area contributed by atoms with Crippen molar-refractivity contribution in [2.75, 3.05) is 33.3 Å². The molecule has 106 valence electrons. The van der Waals surface area contributed by atoms with Gasteiger partial charge in [-0.25, -0.2) is 0 Å². The molecule has 0 spiro atoms. The number of aromatic nitrogens is 1. The lowest BCUT2D eigenvalue weighted by Gasteiger charge is -2.30. The molecule has 1 saturated heterocycles. The molecule has 1 aromatic heterocycles. The van der Waals surface area contributed by atoms with Crippen molar-refractivity contribution in [2.24, 2.45) is 0 Å². The fraction of sp³-hybridized carbons (Fsp3) is 0.438. The van der Waals surface area contributed by atoms with E-state index in [0.29, 0.717) is 6.10 Å². The van der Waals surface area contributed by atoms with E-state index in [0.717, 1.165) is 32.8 Å². The number of fused-ring (bicyclic) bond motifs is 1. The second-order valence-electron chi connectivity index (χ2n) is 5.44. The zero-order valence-electron chi connectivity index (χ0n) is 11.9. The van der Waals surface area contributed by atoms with E-state index < -0.39 is 0 Å². The first-order valence-electron chi connectivity index (χ1n) is 7.15. The smallest absolute Gasteiger partial charge is 0.0826 e. The number of nitrogens with zero attached hydrogens (tertiary/aromatic N) is 2. The molecule has 0 radical (unpaired) electrons. The number of hydrogen-bond acceptors (Lipinski definition) is 4. The SMILES string of the molecule is CN1CCOC(CNCc2ccc3cnccc3c2)C1. The molecule has 1 aromatic carbocycles. The first kappa shape index (κ1) is 13.5. The molecule has 0 bridgehead atoms. The Labute approximate surface area is 119 Å². The molecular formula is C16H21N3O. The summed E-state index contributed by atoms with van der Waals surface area (Å²) in [6.07, 6.45) is 4.04. The molecule has 2 heterocycles. The monoisotopic (exact) mass is 271 g/mol. The van der Waals surface area contributed by atoms with Crippen LogP contribution in [0.5, 0.6) is 0 Å². The number of likely N-dealkylation sites (N-methyl/N-ethyl adjacent to an activating group) is 1. The van der Waals surface area contributed by atoms with E-state index in [1.165, 1.54) is 16.3 Å². The molecule has 1 aliphatic rings. The predicted octanol–water partition coefficient (Wildman–Crippen LogP) is 1.65. The fourth-order valence-corrected chi connectivity index (χ4v) is 2.61. The van der Waals surface area contributed by atoms with Crippen molar-refractivity contribution in [1.29, 1.82) is 0 Å². The highest BCUT2D eigenvalue weighted by Crippen LogP contribution is 2.14. The lowest BCUT2D eigenvalue weighted by atomic mass is 10.1. The van der Waals surface area contributed by atoms with E-state index in [1.54, 1.807) is 0 Å². The molecule has 0 saturated carbocycles. The first-order chi connectivity index (χ1) is 9.81. The molecule has 4 heteroatoms. The summed E-state index contributed by atoms with van der Waals surface area (Å²) in [5.41, 5.74) is 1.30. The van der Waals surface area contributed by atoms with Crippen LogP contribution in [0.2, 0.25) is 0 Å². The van der Waals surface area contributed by atoms with Gasteiger partial charge in [0.25, 0.3) is 0 Å². The molecule has 1 unspecified atom stereocenters. The molecule has 4 nitrogen and oxygen atoms in total. The molecule has 0 amide bonds. The van der Waals surface area contributed by atoms with E-state index in [1.807, 2.05) is 12.4 Å². The van der Waals surface area contributed by atoms with E-state index in [4.69, 9.17) is 4.74 Å². The standard InChI is InChI=1S/C16H21N3O/c1-19-6-7-20-16(12-19)11-18-9-13-2-3-15-10-17-5-4-14(15)8-13/h2-5,8,10,16,18H,6-7,9,11-12H2,1H3. The van der Waals surface area contributed by atoms with Crippen molar-refractivity contribution in [3.8, 4) is 0 Å². The summed E-state index contributed by atoms with van der Waals surface area (Å²) in [6, 6.07) is 8.56. The molecule has 1 atom stereocenters. The van der Waals surface area contributed by atoms with Gasteiger partial charge in [-0.05, 0) is 30.1 Å². The third-order valence-electron chi connectivity index (χ3n) is 3.75. The van der Waals surface area contributed by atoms with Crippen LogP contribution >= 0.6 is 0 Å². The number of ether oxygens (including phenoxy) is 1. The fourth-order valence-electron chi connectivity index (χ4n) is 2.61. The Morgan fingerprint density at radius 3 is 3.20 bits per heavy atom. The highest BCUT2D eigenvalue weighted by Gasteiger charge is 2.16. The summed E-state index contributed by atoms with van der Waals surface area (Å²) in [5.74, 6) is 0. The van der Waals surface area contributed by atoms with Gasteiger partial charge in [-0.15, -0.1) is 0 Å². The molecule has 1 fully saturated rings. The van der Waals surface area contributed by atoms with Crippen molar-refractivity contribution in [1.82, 2.24) is 15.2 Å². The lowest BCUT2D eigenvalue weighted by molar-refractivity contribution is -0.0182. The zero-order valence-corrected chi connectivity index (χ0v) is 11.9. The maximum atomic E-state index is 5.74. The van der Waals surface area contributed by atoms with Crippen LogP contribution in [0.15, 0.2) is 36.7 Å². The van der Waals surface area contributed by atoms with Crippen molar-refractivity contribution < 1.29 is 4.74 Å². The summed E-state index contributed by atoms with van der Waals surface area (Å²) >= 11 is 0. The first-order valence-corrected chi connectivity index (χ1v) is 7.15. The van der Waals surface area contributed by atoms with Gasteiger partial charge in [0, 0.05) is 44.0 Å². The second-order valence-corrected chi connectivity index (χ2v) is 5.44. The number of morpholine rings is 1.